The Hall–Kier alpha value is -3.75. The van der Waals surface area contributed by atoms with Crippen molar-refractivity contribution in [2.45, 2.75) is 98.5 Å². The largest absolute Gasteiger partial charge is 0.504 e. The topological polar surface area (TPSA) is 323 Å². The molecule has 2 aromatic carbocycles. The van der Waals surface area contributed by atoms with Crippen molar-refractivity contribution in [1.82, 2.24) is 0 Å². The highest BCUT2D eigenvalue weighted by molar-refractivity contribution is 5.87. The number of aliphatic hydroxyl groups excluding tert-OH is 9. The van der Waals surface area contributed by atoms with Crippen molar-refractivity contribution in [1.29, 1.82) is 0 Å². The first-order valence-corrected chi connectivity index (χ1v) is 18.2. The van der Waals surface area contributed by atoms with E-state index in [9.17, 15) is 61.0 Å². The Morgan fingerprint density at radius 1 is 0.655 bits per heavy atom. The van der Waals surface area contributed by atoms with Crippen LogP contribution in [0.2, 0.25) is 0 Å². The molecule has 21 heteroatoms. The second-order valence-corrected chi connectivity index (χ2v) is 13.7. The highest BCUT2D eigenvalue weighted by Gasteiger charge is 2.54. The van der Waals surface area contributed by atoms with Gasteiger partial charge >= 0.3 is 5.97 Å². The predicted octanol–water partition coefficient (Wildman–Crippen LogP) is -3.61. The lowest BCUT2D eigenvalue weighted by Gasteiger charge is -2.48. The summed E-state index contributed by atoms with van der Waals surface area (Å²) in [5.74, 6) is -0.753. The zero-order chi connectivity index (χ0) is 42.3. The number of ether oxygens (including phenoxy) is 9. The summed E-state index contributed by atoms with van der Waals surface area (Å²) in [6, 6.07) is 8.96. The average Bonchev–Trinajstić information content (AvgIpc) is 3.21. The van der Waals surface area contributed by atoms with Crippen LogP contribution in [0.4, 0.5) is 0 Å². The van der Waals surface area contributed by atoms with Crippen LogP contribution in [0.25, 0.3) is 6.08 Å². The number of hydrogen-bond donors (Lipinski definition) is 11. The van der Waals surface area contributed by atoms with Gasteiger partial charge < -0.3 is 98.8 Å². The molecule has 324 valence electrons. The standard InChI is InChI=1S/C37H50O21/c1-50-20-7-4-17(11-19(20)41)9-10-52-35-32(49)33(28(45)24(56-35)15-53-25(42)8-5-16-3-6-18(40)21(12-16)51-2)57-37-34(30(47)27(44)23(14-39)55-37)58-36-31(48)29(46)26(43)22(13-38)54-36/h3-8,11-12,22-24,26-41,43-49H,9-10,13-15H2,1-2H3/t22-,23-,24-,26-,27-,28-,29+,30+,31-,32-,33+,34-,35-,36+,37+/m1/s1. The van der Waals surface area contributed by atoms with E-state index < -0.39 is 118 Å². The van der Waals surface area contributed by atoms with Gasteiger partial charge in [-0.25, -0.2) is 4.79 Å². The van der Waals surface area contributed by atoms with Gasteiger partial charge in [0.2, 0.25) is 0 Å². The van der Waals surface area contributed by atoms with Crippen LogP contribution in [-0.4, -0.2) is 195 Å². The summed E-state index contributed by atoms with van der Waals surface area (Å²) in [5.41, 5.74) is 1.07. The van der Waals surface area contributed by atoms with Crippen molar-refractivity contribution in [3.63, 3.8) is 0 Å². The molecule has 0 aromatic heterocycles. The highest BCUT2D eigenvalue weighted by Crippen LogP contribution is 2.34. The van der Waals surface area contributed by atoms with E-state index in [1.807, 2.05) is 0 Å². The molecule has 21 nitrogen and oxygen atoms in total. The molecule has 3 saturated heterocycles. The SMILES string of the molecule is COc1ccc(CCO[C@@H]2O[C@H](COC(=O)C=Cc3ccc(O)c(OC)c3)[C@@H](O)[C@H](O[C@@H]3O[C@H](CO)[C@@H](O)[C@H](O)[C@H]3O[C@@H]3O[C@H](CO)[C@@H](O)[C@H](O)[C@H]3O)[C@H]2O)cc1O. The van der Waals surface area contributed by atoms with E-state index in [2.05, 4.69) is 0 Å². The minimum Gasteiger partial charge on any atom is -0.504 e. The van der Waals surface area contributed by atoms with Crippen molar-refractivity contribution in [3.8, 4) is 23.0 Å². The molecule has 3 aliphatic heterocycles. The van der Waals surface area contributed by atoms with Crippen molar-refractivity contribution >= 4 is 12.0 Å². The Bertz CT molecular complexity index is 1660. The fraction of sp³-hybridized carbons (Fsp3) is 0.595. The summed E-state index contributed by atoms with van der Waals surface area (Å²) in [5, 5.41) is 115. The summed E-state index contributed by atoms with van der Waals surface area (Å²) in [4.78, 5) is 12.8. The van der Waals surface area contributed by atoms with Gasteiger partial charge in [0.25, 0.3) is 0 Å². The van der Waals surface area contributed by atoms with E-state index in [4.69, 9.17) is 42.6 Å². The maximum atomic E-state index is 12.8. The summed E-state index contributed by atoms with van der Waals surface area (Å²) >= 11 is 0. The molecule has 2 aromatic rings. The second kappa shape index (κ2) is 20.5. The Morgan fingerprint density at radius 3 is 1.95 bits per heavy atom. The van der Waals surface area contributed by atoms with E-state index in [-0.39, 0.29) is 36.0 Å². The molecular formula is C37H50O21. The molecule has 3 heterocycles. The first-order chi connectivity index (χ1) is 27.7. The third-order valence-electron chi connectivity index (χ3n) is 9.82. The number of esters is 1. The summed E-state index contributed by atoms with van der Waals surface area (Å²) in [7, 11) is 2.74. The summed E-state index contributed by atoms with van der Waals surface area (Å²) in [6.07, 6.45) is -23.9. The first-order valence-electron chi connectivity index (χ1n) is 18.2. The van der Waals surface area contributed by atoms with Crippen molar-refractivity contribution in [2.75, 3.05) is 40.6 Å². The predicted molar refractivity (Wildman–Crippen MR) is 191 cm³/mol. The number of phenols is 2. The molecule has 0 bridgehead atoms. The lowest BCUT2D eigenvalue weighted by Crippen LogP contribution is -2.67. The van der Waals surface area contributed by atoms with Gasteiger partial charge in [-0.1, -0.05) is 12.1 Å². The molecule has 5 rings (SSSR count). The molecule has 15 atom stereocenters. The zero-order valence-electron chi connectivity index (χ0n) is 31.3. The van der Waals surface area contributed by atoms with Crippen LogP contribution < -0.4 is 9.47 Å². The molecular weight excluding hydrogens is 780 g/mol. The van der Waals surface area contributed by atoms with Crippen LogP contribution >= 0.6 is 0 Å². The fourth-order valence-electron chi connectivity index (χ4n) is 6.50. The van der Waals surface area contributed by atoms with Gasteiger partial charge in [-0.05, 0) is 47.9 Å². The zero-order valence-corrected chi connectivity index (χ0v) is 31.3. The van der Waals surface area contributed by atoms with E-state index in [1.54, 1.807) is 6.07 Å². The number of aliphatic hydroxyl groups is 9. The smallest absolute Gasteiger partial charge is 0.330 e. The molecule has 0 amide bonds. The minimum atomic E-state index is -1.97. The monoisotopic (exact) mass is 830 g/mol. The van der Waals surface area contributed by atoms with Gasteiger partial charge in [-0.3, -0.25) is 0 Å². The van der Waals surface area contributed by atoms with Gasteiger partial charge in [0.05, 0.1) is 34.0 Å². The number of benzene rings is 2. The molecule has 0 unspecified atom stereocenters. The Balaban J connectivity index is 1.36. The number of hydrogen-bond acceptors (Lipinski definition) is 21. The minimum absolute atomic E-state index is 0.119. The Morgan fingerprint density at radius 2 is 1.29 bits per heavy atom. The molecule has 11 N–H and O–H groups in total. The van der Waals surface area contributed by atoms with E-state index in [0.717, 1.165) is 6.08 Å². The van der Waals surface area contributed by atoms with Crippen molar-refractivity contribution in [2.24, 2.45) is 0 Å². The first kappa shape index (κ1) is 45.3. The maximum Gasteiger partial charge on any atom is 0.330 e. The Kier molecular flexibility index (Phi) is 16.0. The average molecular weight is 831 g/mol. The maximum absolute atomic E-state index is 12.8. The number of phenolic OH excluding ortho intramolecular Hbond substituents is 2. The number of rotatable bonds is 16. The summed E-state index contributed by atoms with van der Waals surface area (Å²) < 4.78 is 49.9. The quantitative estimate of drug-likeness (QED) is 0.0575. The third-order valence-corrected chi connectivity index (χ3v) is 9.82. The van der Waals surface area contributed by atoms with E-state index in [0.29, 0.717) is 11.1 Å². The molecule has 0 aliphatic carbocycles. The normalized spacial score (nSPS) is 35.5. The molecule has 3 fully saturated rings. The van der Waals surface area contributed by atoms with E-state index in [1.165, 1.54) is 50.6 Å². The third kappa shape index (κ3) is 10.5. The van der Waals surface area contributed by atoms with E-state index >= 15 is 0 Å². The van der Waals surface area contributed by atoms with Crippen LogP contribution in [0.1, 0.15) is 11.1 Å². The molecule has 3 aliphatic rings. The van der Waals surface area contributed by atoms with Gasteiger partial charge in [-0.15, -0.1) is 0 Å². The lowest BCUT2D eigenvalue weighted by atomic mass is 9.96. The number of methoxy groups -OCH3 is 2. The molecule has 0 radical (unpaired) electrons. The van der Waals surface area contributed by atoms with Crippen LogP contribution in [0.15, 0.2) is 42.5 Å². The van der Waals surface area contributed by atoms with Crippen LogP contribution in [0.5, 0.6) is 23.0 Å². The van der Waals surface area contributed by atoms with Crippen LogP contribution in [0.3, 0.4) is 0 Å². The van der Waals surface area contributed by atoms with Gasteiger partial charge in [0.1, 0.15) is 79.9 Å². The molecule has 0 saturated carbocycles. The molecule has 0 spiro atoms. The number of aromatic hydroxyl groups is 2. The van der Waals surface area contributed by atoms with Crippen LogP contribution in [0, 0.1) is 0 Å². The summed E-state index contributed by atoms with van der Waals surface area (Å²) in [6.45, 7) is -2.46. The highest BCUT2D eigenvalue weighted by atomic mass is 16.8. The second-order valence-electron chi connectivity index (χ2n) is 13.7. The van der Waals surface area contributed by atoms with Gasteiger partial charge in [0.15, 0.2) is 41.9 Å². The van der Waals surface area contributed by atoms with Gasteiger partial charge in [0, 0.05) is 6.08 Å². The van der Waals surface area contributed by atoms with Crippen molar-refractivity contribution < 1.29 is 104 Å². The number of carbonyl (C=O) groups is 1. The Labute approximate surface area is 331 Å². The van der Waals surface area contributed by atoms with Crippen molar-refractivity contribution in [3.05, 3.63) is 53.6 Å². The van der Waals surface area contributed by atoms with Crippen LogP contribution in [-0.2, 0) is 44.4 Å². The fourth-order valence-corrected chi connectivity index (χ4v) is 6.50. The lowest BCUT2D eigenvalue weighted by molar-refractivity contribution is -0.389. The van der Waals surface area contributed by atoms with Gasteiger partial charge in [-0.2, -0.15) is 0 Å². The molecule has 58 heavy (non-hydrogen) atoms. The number of carbonyl (C=O) groups excluding carboxylic acids is 1.